The summed E-state index contributed by atoms with van der Waals surface area (Å²) in [4.78, 5) is 42.2. The van der Waals surface area contributed by atoms with Crippen molar-refractivity contribution in [3.05, 3.63) is 12.2 Å². The number of unbranched alkanes of at least 4 members (excludes halogenated alkanes) is 16. The Hall–Kier alpha value is -1.21. The van der Waals surface area contributed by atoms with Crippen molar-refractivity contribution >= 4 is 19.8 Å². The molecule has 0 amide bonds. The molecule has 8 nitrogen and oxygen atoms in total. The average molecular weight is 563 g/mol. The molecule has 2 N–H and O–H groups in total. The summed E-state index contributed by atoms with van der Waals surface area (Å²) in [6.07, 6.45) is 24.0. The maximum atomic E-state index is 12.2. The van der Waals surface area contributed by atoms with Gasteiger partial charge in [0.1, 0.15) is 6.61 Å². The zero-order valence-electron chi connectivity index (χ0n) is 24.1. The van der Waals surface area contributed by atoms with Gasteiger partial charge in [-0.25, -0.2) is 4.57 Å². The summed E-state index contributed by atoms with van der Waals surface area (Å²) in [6, 6.07) is 0. The van der Waals surface area contributed by atoms with Crippen LogP contribution in [0.15, 0.2) is 12.2 Å². The summed E-state index contributed by atoms with van der Waals surface area (Å²) in [5, 5.41) is 0. The van der Waals surface area contributed by atoms with E-state index in [1.807, 2.05) is 13.0 Å². The van der Waals surface area contributed by atoms with Gasteiger partial charge in [-0.3, -0.25) is 14.1 Å². The van der Waals surface area contributed by atoms with Crippen molar-refractivity contribution in [1.82, 2.24) is 0 Å². The Bertz CT molecular complexity index is 646. The molecule has 0 aliphatic heterocycles. The molecule has 0 radical (unpaired) electrons. The Morgan fingerprint density at radius 3 is 1.68 bits per heavy atom. The van der Waals surface area contributed by atoms with Gasteiger partial charge in [-0.15, -0.1) is 0 Å². The van der Waals surface area contributed by atoms with Crippen LogP contribution in [-0.4, -0.2) is 41.0 Å². The van der Waals surface area contributed by atoms with Crippen LogP contribution in [0.2, 0.25) is 0 Å². The van der Waals surface area contributed by atoms with E-state index in [9.17, 15) is 14.2 Å². The maximum Gasteiger partial charge on any atom is 0.469 e. The van der Waals surface area contributed by atoms with E-state index in [2.05, 4.69) is 17.5 Å². The molecule has 0 saturated carbocycles. The third-order valence-corrected chi connectivity index (χ3v) is 6.86. The zero-order valence-corrected chi connectivity index (χ0v) is 25.0. The molecule has 1 atom stereocenters. The lowest BCUT2D eigenvalue weighted by Gasteiger charge is -2.18. The van der Waals surface area contributed by atoms with Crippen LogP contribution in [0.5, 0.6) is 0 Å². The monoisotopic (exact) mass is 562 g/mol. The Labute approximate surface area is 231 Å². The highest BCUT2D eigenvalue weighted by atomic mass is 31.2. The summed E-state index contributed by atoms with van der Waals surface area (Å²) < 4.78 is 26.0. The van der Waals surface area contributed by atoms with Gasteiger partial charge < -0.3 is 19.3 Å². The van der Waals surface area contributed by atoms with Gasteiger partial charge in [0.05, 0.1) is 6.61 Å². The lowest BCUT2D eigenvalue weighted by atomic mass is 10.0. The molecule has 0 rings (SSSR count). The van der Waals surface area contributed by atoms with Gasteiger partial charge in [0.2, 0.25) is 0 Å². The Morgan fingerprint density at radius 2 is 1.18 bits per heavy atom. The highest BCUT2D eigenvalue weighted by molar-refractivity contribution is 7.46. The van der Waals surface area contributed by atoms with Crippen LogP contribution in [0.4, 0.5) is 0 Å². The minimum Gasteiger partial charge on any atom is -0.462 e. The predicted octanol–water partition coefficient (Wildman–Crippen LogP) is 7.95. The first-order valence-electron chi connectivity index (χ1n) is 14.9. The lowest BCUT2D eigenvalue weighted by Crippen LogP contribution is -2.29. The second kappa shape index (κ2) is 26.0. The molecular weight excluding hydrogens is 507 g/mol. The van der Waals surface area contributed by atoms with Crippen molar-refractivity contribution in [2.45, 2.75) is 148 Å². The molecule has 0 spiro atoms. The van der Waals surface area contributed by atoms with Gasteiger partial charge in [0.15, 0.2) is 6.10 Å². The highest BCUT2D eigenvalue weighted by Crippen LogP contribution is 2.35. The highest BCUT2D eigenvalue weighted by Gasteiger charge is 2.22. The largest absolute Gasteiger partial charge is 0.469 e. The van der Waals surface area contributed by atoms with Gasteiger partial charge in [0.25, 0.3) is 0 Å². The molecule has 0 heterocycles. The van der Waals surface area contributed by atoms with Crippen LogP contribution in [0.25, 0.3) is 0 Å². The molecule has 0 aromatic rings. The first-order chi connectivity index (χ1) is 18.3. The van der Waals surface area contributed by atoms with E-state index in [0.29, 0.717) is 6.42 Å². The first-order valence-corrected chi connectivity index (χ1v) is 16.5. The average Bonchev–Trinajstić information content (AvgIpc) is 2.87. The van der Waals surface area contributed by atoms with Gasteiger partial charge in [-0.1, -0.05) is 109 Å². The Morgan fingerprint density at radius 1 is 0.711 bits per heavy atom. The summed E-state index contributed by atoms with van der Waals surface area (Å²) in [5.41, 5.74) is 0. The fraction of sp³-hybridized carbons (Fsp3) is 0.862. The number of hydrogen-bond donors (Lipinski definition) is 2. The number of carbonyl (C=O) groups is 2. The number of ether oxygens (including phenoxy) is 2. The van der Waals surface area contributed by atoms with Crippen molar-refractivity contribution in [2.75, 3.05) is 13.2 Å². The van der Waals surface area contributed by atoms with Crippen molar-refractivity contribution < 1.29 is 37.9 Å². The second-order valence-corrected chi connectivity index (χ2v) is 11.3. The van der Waals surface area contributed by atoms with E-state index in [1.165, 1.54) is 57.8 Å². The molecule has 0 aliphatic carbocycles. The van der Waals surface area contributed by atoms with Gasteiger partial charge in [-0.2, -0.15) is 0 Å². The third-order valence-electron chi connectivity index (χ3n) is 6.38. The summed E-state index contributed by atoms with van der Waals surface area (Å²) >= 11 is 0. The van der Waals surface area contributed by atoms with Crippen LogP contribution >= 0.6 is 7.82 Å². The number of carbonyl (C=O) groups excluding carboxylic acids is 2. The van der Waals surface area contributed by atoms with Crippen LogP contribution in [0.1, 0.15) is 142 Å². The first kappa shape index (κ1) is 36.8. The van der Waals surface area contributed by atoms with Crippen molar-refractivity contribution in [3.8, 4) is 0 Å². The van der Waals surface area contributed by atoms with E-state index < -0.39 is 32.5 Å². The van der Waals surface area contributed by atoms with Crippen molar-refractivity contribution in [1.29, 1.82) is 0 Å². The van der Waals surface area contributed by atoms with Crippen molar-refractivity contribution in [3.63, 3.8) is 0 Å². The summed E-state index contributed by atoms with van der Waals surface area (Å²) in [6.45, 7) is 3.42. The number of hydrogen-bond acceptors (Lipinski definition) is 6. The molecule has 0 aromatic heterocycles. The van der Waals surface area contributed by atoms with E-state index in [0.717, 1.165) is 51.4 Å². The molecule has 0 saturated heterocycles. The lowest BCUT2D eigenvalue weighted by molar-refractivity contribution is -0.161. The number of rotatable bonds is 27. The molecule has 0 fully saturated rings. The quantitative estimate of drug-likeness (QED) is 0.0448. The minimum atomic E-state index is -4.73. The predicted molar refractivity (Wildman–Crippen MR) is 152 cm³/mol. The molecule has 0 aromatic carbocycles. The maximum absolute atomic E-state index is 12.2. The van der Waals surface area contributed by atoms with Crippen LogP contribution in [0.3, 0.4) is 0 Å². The SMILES string of the molecule is C/C=C\CCCCCCCC(=O)O[C@@H](COC(=O)CCCCCCCCCCCCCC)COP(=O)(O)O. The Balaban J connectivity index is 4.03. The van der Waals surface area contributed by atoms with Crippen LogP contribution < -0.4 is 0 Å². The Kier molecular flexibility index (Phi) is 25.2. The van der Waals surface area contributed by atoms with Crippen molar-refractivity contribution in [2.24, 2.45) is 0 Å². The van der Waals surface area contributed by atoms with Gasteiger partial charge in [-0.05, 0) is 32.6 Å². The van der Waals surface area contributed by atoms with E-state index in [1.54, 1.807) is 0 Å². The molecular formula is C29H55O8P. The number of phosphoric acid groups is 1. The molecule has 0 aliphatic rings. The van der Waals surface area contributed by atoms with E-state index in [-0.39, 0.29) is 19.4 Å². The number of esters is 2. The molecule has 0 unspecified atom stereocenters. The standard InChI is InChI=1S/C29H55O8P/c1-3-5-7-9-11-13-14-15-16-18-19-21-23-28(30)35-25-27(26-36-38(32,33)34)37-29(31)24-22-20-17-12-10-8-6-4-2/h4,6,27H,3,5,7-26H2,1-2H3,(H2,32,33,34)/b6-4-/t27-/m0/s1. The van der Waals surface area contributed by atoms with E-state index >= 15 is 0 Å². The normalized spacial score (nSPS) is 12.6. The molecule has 224 valence electrons. The molecule has 38 heavy (non-hydrogen) atoms. The third kappa shape index (κ3) is 27.8. The number of allylic oxidation sites excluding steroid dienone is 2. The van der Waals surface area contributed by atoms with Crippen LogP contribution in [-0.2, 0) is 28.2 Å². The topological polar surface area (TPSA) is 119 Å². The van der Waals surface area contributed by atoms with Crippen LogP contribution in [0, 0.1) is 0 Å². The summed E-state index contributed by atoms with van der Waals surface area (Å²) in [5.74, 6) is -0.900. The van der Waals surface area contributed by atoms with E-state index in [4.69, 9.17) is 19.3 Å². The smallest absolute Gasteiger partial charge is 0.462 e. The zero-order chi connectivity index (χ0) is 28.3. The summed E-state index contributed by atoms with van der Waals surface area (Å²) in [7, 11) is -4.73. The number of phosphoric ester groups is 1. The molecule has 9 heteroatoms. The fourth-order valence-corrected chi connectivity index (χ4v) is 4.50. The van der Waals surface area contributed by atoms with Gasteiger partial charge >= 0.3 is 19.8 Å². The minimum absolute atomic E-state index is 0.202. The van der Waals surface area contributed by atoms with Gasteiger partial charge in [0, 0.05) is 12.8 Å². The second-order valence-electron chi connectivity index (χ2n) is 10.1. The fourth-order valence-electron chi connectivity index (χ4n) is 4.14. The molecule has 0 bridgehead atoms.